The van der Waals surface area contributed by atoms with Crippen LogP contribution in [0, 0.1) is 6.92 Å². The summed E-state index contributed by atoms with van der Waals surface area (Å²) >= 11 is 0. The standard InChI is InChI=1S/C7H8.C7H16.C6H12/c1-7-5-3-2-4-6-7;1-3-5-7-6-4-2;1-2-4-6-5-3-1/h2-6H,1H3;3-7H2,1-2H3;1-6H2. The number of hydrogen-bond acceptors (Lipinski definition) is 0. The van der Waals surface area contributed by atoms with Crippen molar-refractivity contribution in [3.63, 3.8) is 0 Å². The highest BCUT2D eigenvalue weighted by Crippen LogP contribution is 2.15. The van der Waals surface area contributed by atoms with Crippen molar-refractivity contribution >= 4 is 0 Å². The van der Waals surface area contributed by atoms with Gasteiger partial charge in [0.15, 0.2) is 0 Å². The summed E-state index contributed by atoms with van der Waals surface area (Å²) in [7, 11) is 0. The van der Waals surface area contributed by atoms with Crippen LogP contribution in [0.25, 0.3) is 0 Å². The zero-order valence-electron chi connectivity index (χ0n) is 14.2. The molecule has 1 aromatic rings. The molecule has 0 aliphatic heterocycles. The summed E-state index contributed by atoms with van der Waals surface area (Å²) < 4.78 is 0. The third-order valence-electron chi connectivity index (χ3n) is 3.65. The molecule has 0 nitrogen and oxygen atoms in total. The molecule has 1 fully saturated rings. The van der Waals surface area contributed by atoms with Gasteiger partial charge in [-0.15, -0.1) is 0 Å². The largest absolute Gasteiger partial charge is 0.0654 e. The van der Waals surface area contributed by atoms with Crippen LogP contribution in [0.2, 0.25) is 0 Å². The van der Waals surface area contributed by atoms with E-state index in [2.05, 4.69) is 32.9 Å². The second-order valence-electron chi connectivity index (χ2n) is 5.84. The van der Waals surface area contributed by atoms with E-state index < -0.39 is 0 Å². The van der Waals surface area contributed by atoms with E-state index in [1.54, 1.807) is 0 Å². The van der Waals surface area contributed by atoms with Crippen molar-refractivity contribution in [3.05, 3.63) is 35.9 Å². The van der Waals surface area contributed by atoms with Crippen LogP contribution >= 0.6 is 0 Å². The van der Waals surface area contributed by atoms with Crippen LogP contribution in [-0.2, 0) is 0 Å². The summed E-state index contributed by atoms with van der Waals surface area (Å²) in [6.45, 7) is 6.57. The molecule has 1 aliphatic rings. The Labute approximate surface area is 128 Å². The Hall–Kier alpha value is -0.780. The number of unbranched alkanes of at least 4 members (excludes halogenated alkanes) is 4. The third kappa shape index (κ3) is 15.3. The molecular formula is C20H36. The maximum Gasteiger partial charge on any atom is -0.0398 e. The molecule has 2 rings (SSSR count). The molecule has 1 saturated carbocycles. The molecule has 0 bridgehead atoms. The molecule has 0 aromatic heterocycles. The Kier molecular flexibility index (Phi) is 15.6. The minimum atomic E-state index is 1.32. The van der Waals surface area contributed by atoms with E-state index in [1.807, 2.05) is 18.2 Å². The highest BCUT2D eigenvalue weighted by Gasteiger charge is 1.95. The van der Waals surface area contributed by atoms with Crippen LogP contribution in [0.3, 0.4) is 0 Å². The summed E-state index contributed by atoms with van der Waals surface area (Å²) in [6, 6.07) is 10.3. The fraction of sp³-hybridized carbons (Fsp3) is 0.700. The van der Waals surface area contributed by atoms with Gasteiger partial charge in [0.25, 0.3) is 0 Å². The molecule has 0 radical (unpaired) electrons. The summed E-state index contributed by atoms with van der Waals surface area (Å²) in [4.78, 5) is 0. The zero-order chi connectivity index (χ0) is 14.9. The van der Waals surface area contributed by atoms with Crippen molar-refractivity contribution < 1.29 is 0 Å². The van der Waals surface area contributed by atoms with Crippen LogP contribution in [0.15, 0.2) is 30.3 Å². The van der Waals surface area contributed by atoms with Crippen LogP contribution in [0.5, 0.6) is 0 Å². The monoisotopic (exact) mass is 276 g/mol. The van der Waals surface area contributed by atoms with Gasteiger partial charge < -0.3 is 0 Å². The zero-order valence-corrected chi connectivity index (χ0v) is 14.2. The molecule has 1 aliphatic carbocycles. The van der Waals surface area contributed by atoms with Gasteiger partial charge in [-0.25, -0.2) is 0 Å². The van der Waals surface area contributed by atoms with Crippen molar-refractivity contribution in [1.82, 2.24) is 0 Å². The highest BCUT2D eigenvalue weighted by molar-refractivity contribution is 5.11. The van der Waals surface area contributed by atoms with Gasteiger partial charge in [0.05, 0.1) is 0 Å². The van der Waals surface area contributed by atoms with Crippen molar-refractivity contribution in [2.75, 3.05) is 0 Å². The van der Waals surface area contributed by atoms with E-state index in [0.29, 0.717) is 0 Å². The molecular weight excluding hydrogens is 240 g/mol. The predicted molar refractivity (Wildman–Crippen MR) is 93.3 cm³/mol. The number of hydrogen-bond donors (Lipinski definition) is 0. The van der Waals surface area contributed by atoms with Crippen LogP contribution < -0.4 is 0 Å². The van der Waals surface area contributed by atoms with Gasteiger partial charge in [0.2, 0.25) is 0 Å². The van der Waals surface area contributed by atoms with Gasteiger partial charge in [-0.1, -0.05) is 120 Å². The molecule has 0 heteroatoms. The predicted octanol–water partition coefficient (Wildman–Crippen LogP) is 7.31. The first kappa shape index (κ1) is 19.2. The first-order chi connectivity index (χ1) is 9.81. The lowest BCUT2D eigenvalue weighted by atomic mass is 10.0. The Morgan fingerprint density at radius 3 is 1.30 bits per heavy atom. The molecule has 0 N–H and O–H groups in total. The Bertz CT molecular complexity index is 243. The van der Waals surface area contributed by atoms with Gasteiger partial charge in [-0.2, -0.15) is 0 Å². The number of aryl methyl sites for hydroxylation is 1. The van der Waals surface area contributed by atoms with Gasteiger partial charge >= 0.3 is 0 Å². The lowest BCUT2D eigenvalue weighted by Gasteiger charge is -2.05. The number of rotatable bonds is 4. The quantitative estimate of drug-likeness (QED) is 0.506. The summed E-state index contributed by atoms with van der Waals surface area (Å²) in [5.41, 5.74) is 1.32. The lowest BCUT2D eigenvalue weighted by molar-refractivity contribution is 0.504. The Balaban J connectivity index is 0.000000271. The van der Waals surface area contributed by atoms with Gasteiger partial charge in [-0.05, 0) is 6.92 Å². The fourth-order valence-corrected chi connectivity index (χ4v) is 2.27. The molecule has 0 spiro atoms. The maximum atomic E-state index is 2.25. The van der Waals surface area contributed by atoms with Gasteiger partial charge in [-0.3, -0.25) is 0 Å². The van der Waals surface area contributed by atoms with E-state index in [4.69, 9.17) is 0 Å². The molecule has 20 heavy (non-hydrogen) atoms. The molecule has 0 saturated heterocycles. The molecule has 116 valence electrons. The average Bonchev–Trinajstić information content (AvgIpc) is 2.52. The summed E-state index contributed by atoms with van der Waals surface area (Å²) in [6.07, 6.45) is 16.0. The normalized spacial score (nSPS) is 13.6. The minimum absolute atomic E-state index is 1.32. The first-order valence-corrected chi connectivity index (χ1v) is 8.82. The second-order valence-corrected chi connectivity index (χ2v) is 5.84. The van der Waals surface area contributed by atoms with Crippen molar-refractivity contribution in [1.29, 1.82) is 0 Å². The van der Waals surface area contributed by atoms with Gasteiger partial charge in [0.1, 0.15) is 0 Å². The van der Waals surface area contributed by atoms with Crippen LogP contribution in [0.1, 0.15) is 90.0 Å². The van der Waals surface area contributed by atoms with E-state index in [-0.39, 0.29) is 0 Å². The number of benzene rings is 1. The van der Waals surface area contributed by atoms with Crippen molar-refractivity contribution in [2.24, 2.45) is 0 Å². The average molecular weight is 277 g/mol. The molecule has 1 aromatic carbocycles. The minimum Gasteiger partial charge on any atom is -0.0654 e. The van der Waals surface area contributed by atoms with Crippen molar-refractivity contribution in [3.8, 4) is 0 Å². The molecule has 0 heterocycles. The Morgan fingerprint density at radius 2 is 1.05 bits per heavy atom. The maximum absolute atomic E-state index is 2.25. The SMILES string of the molecule is C1CCCCC1.CCCCCCC.Cc1ccccc1. The lowest BCUT2D eigenvalue weighted by Crippen LogP contribution is -1.85. The van der Waals surface area contributed by atoms with E-state index in [9.17, 15) is 0 Å². The van der Waals surface area contributed by atoms with E-state index in [1.165, 1.54) is 76.2 Å². The topological polar surface area (TPSA) is 0 Å². The van der Waals surface area contributed by atoms with Crippen LogP contribution in [-0.4, -0.2) is 0 Å². The van der Waals surface area contributed by atoms with E-state index in [0.717, 1.165) is 0 Å². The van der Waals surface area contributed by atoms with Crippen molar-refractivity contribution in [2.45, 2.75) is 91.4 Å². The Morgan fingerprint density at radius 1 is 0.650 bits per heavy atom. The molecule has 0 unspecified atom stereocenters. The molecule has 0 amide bonds. The highest BCUT2D eigenvalue weighted by atomic mass is 14.0. The first-order valence-electron chi connectivity index (χ1n) is 8.82. The summed E-state index contributed by atoms with van der Waals surface area (Å²) in [5, 5.41) is 0. The van der Waals surface area contributed by atoms with Crippen LogP contribution in [0.4, 0.5) is 0 Å². The smallest absolute Gasteiger partial charge is 0.0398 e. The summed E-state index contributed by atoms with van der Waals surface area (Å²) in [5.74, 6) is 0. The second kappa shape index (κ2) is 16.3. The fourth-order valence-electron chi connectivity index (χ4n) is 2.27. The van der Waals surface area contributed by atoms with E-state index >= 15 is 0 Å². The molecule has 0 atom stereocenters. The van der Waals surface area contributed by atoms with Gasteiger partial charge in [0, 0.05) is 0 Å². The third-order valence-corrected chi connectivity index (χ3v) is 3.65.